The number of halogens is 1. The highest BCUT2D eigenvalue weighted by molar-refractivity contribution is 9.10. The Morgan fingerprint density at radius 1 is 1.50 bits per heavy atom. The first-order valence-corrected chi connectivity index (χ1v) is 4.20. The average molecular weight is 225 g/mol. The molecule has 3 nitrogen and oxygen atoms in total. The summed E-state index contributed by atoms with van der Waals surface area (Å²) in [5.41, 5.74) is 1.33. The molecule has 0 spiro atoms. The van der Waals surface area contributed by atoms with Crippen molar-refractivity contribution in [3.05, 3.63) is 34.6 Å². The van der Waals surface area contributed by atoms with Gasteiger partial charge in [0.2, 0.25) is 0 Å². The van der Waals surface area contributed by atoms with Gasteiger partial charge >= 0.3 is 0 Å². The molecule has 0 aliphatic carbocycles. The quantitative estimate of drug-likeness (QED) is 0.694. The highest BCUT2D eigenvalue weighted by Gasteiger charge is 2.06. The van der Waals surface area contributed by atoms with Crippen molar-refractivity contribution >= 4 is 27.7 Å². The Labute approximate surface area is 77.1 Å². The molecule has 60 valence electrons. The highest BCUT2D eigenvalue weighted by atomic mass is 79.9. The predicted octanol–water partition coefficient (Wildman–Crippen LogP) is 1.91. The number of aromatic nitrogens is 2. The second-order valence-electron chi connectivity index (χ2n) is 2.35. The Balaban J connectivity index is 2.87. The van der Waals surface area contributed by atoms with Crippen LogP contribution in [0.1, 0.15) is 10.5 Å². The van der Waals surface area contributed by atoms with E-state index in [0.29, 0.717) is 5.69 Å². The summed E-state index contributed by atoms with van der Waals surface area (Å²) in [6.45, 7) is 0. The maximum absolute atomic E-state index is 10.5. The molecule has 4 heteroatoms. The molecule has 2 aromatic heterocycles. The van der Waals surface area contributed by atoms with Crippen molar-refractivity contribution in [2.75, 3.05) is 0 Å². The van der Waals surface area contributed by atoms with Gasteiger partial charge < -0.3 is 0 Å². The van der Waals surface area contributed by atoms with Crippen molar-refractivity contribution in [2.24, 2.45) is 0 Å². The first kappa shape index (κ1) is 7.49. The smallest absolute Gasteiger partial charge is 0.171 e. The number of hydrogen-bond donors (Lipinski definition) is 0. The Hall–Kier alpha value is -1.16. The fourth-order valence-electron chi connectivity index (χ4n) is 1.06. The zero-order valence-electron chi connectivity index (χ0n) is 6.07. The third-order valence-electron chi connectivity index (χ3n) is 1.62. The Kier molecular flexibility index (Phi) is 1.69. The molecule has 2 aromatic rings. The Morgan fingerprint density at radius 3 is 3.00 bits per heavy atom. The largest absolute Gasteiger partial charge is 0.296 e. The van der Waals surface area contributed by atoms with Gasteiger partial charge in [0.15, 0.2) is 6.29 Å². The van der Waals surface area contributed by atoms with Crippen molar-refractivity contribution in [1.82, 2.24) is 9.61 Å². The molecule has 0 bridgehead atoms. The fraction of sp³-hybridized carbons (Fsp3) is 0. The van der Waals surface area contributed by atoms with E-state index in [1.165, 1.54) is 0 Å². The number of carbonyl (C=O) groups excluding carboxylic acids is 1. The van der Waals surface area contributed by atoms with Crippen molar-refractivity contribution in [2.45, 2.75) is 0 Å². The van der Waals surface area contributed by atoms with Crippen LogP contribution in [-0.2, 0) is 0 Å². The Bertz CT molecular complexity index is 436. The molecule has 0 atom stereocenters. The number of hydrogen-bond acceptors (Lipinski definition) is 2. The molecule has 0 aromatic carbocycles. The third kappa shape index (κ3) is 0.956. The monoisotopic (exact) mass is 224 g/mol. The maximum Gasteiger partial charge on any atom is 0.171 e. The number of nitrogens with zero attached hydrogens (tertiary/aromatic N) is 2. The van der Waals surface area contributed by atoms with Gasteiger partial charge in [0.25, 0.3) is 0 Å². The van der Waals surface area contributed by atoms with Crippen LogP contribution in [0.15, 0.2) is 28.9 Å². The van der Waals surface area contributed by atoms with E-state index in [4.69, 9.17) is 0 Å². The molecular weight excluding hydrogens is 220 g/mol. The summed E-state index contributed by atoms with van der Waals surface area (Å²) < 4.78 is 2.41. The van der Waals surface area contributed by atoms with E-state index in [-0.39, 0.29) is 0 Å². The van der Waals surface area contributed by atoms with Crippen LogP contribution >= 0.6 is 15.9 Å². The van der Waals surface area contributed by atoms with Gasteiger partial charge in [-0.15, -0.1) is 0 Å². The van der Waals surface area contributed by atoms with Crippen LogP contribution in [0.5, 0.6) is 0 Å². The van der Waals surface area contributed by atoms with Crippen LogP contribution in [0.4, 0.5) is 0 Å². The van der Waals surface area contributed by atoms with E-state index in [1.807, 2.05) is 18.2 Å². The first-order chi connectivity index (χ1) is 5.83. The molecule has 0 aliphatic heterocycles. The van der Waals surface area contributed by atoms with Gasteiger partial charge in [0.05, 0.1) is 9.99 Å². The van der Waals surface area contributed by atoms with Crippen LogP contribution in [0.3, 0.4) is 0 Å². The lowest BCUT2D eigenvalue weighted by Crippen LogP contribution is -1.85. The van der Waals surface area contributed by atoms with Crippen LogP contribution in [0, 0.1) is 0 Å². The van der Waals surface area contributed by atoms with Gasteiger partial charge in [-0.1, -0.05) is 6.07 Å². The normalized spacial score (nSPS) is 10.4. The molecule has 0 aliphatic rings. The number of fused-ring (bicyclic) bond motifs is 1. The van der Waals surface area contributed by atoms with Gasteiger partial charge in [-0.25, -0.2) is 4.52 Å². The molecule has 0 amide bonds. The van der Waals surface area contributed by atoms with Crippen molar-refractivity contribution in [3.63, 3.8) is 0 Å². The van der Waals surface area contributed by atoms with Gasteiger partial charge in [-0.2, -0.15) is 5.10 Å². The average Bonchev–Trinajstić information content (AvgIpc) is 2.44. The first-order valence-electron chi connectivity index (χ1n) is 3.41. The van der Waals surface area contributed by atoms with E-state index in [2.05, 4.69) is 21.0 Å². The van der Waals surface area contributed by atoms with Crippen LogP contribution in [0.2, 0.25) is 0 Å². The molecule has 12 heavy (non-hydrogen) atoms. The molecular formula is C8H5BrN2O. The summed E-state index contributed by atoms with van der Waals surface area (Å²) in [5.74, 6) is 0. The second-order valence-corrected chi connectivity index (χ2v) is 3.14. The fourth-order valence-corrected chi connectivity index (χ4v) is 1.55. The van der Waals surface area contributed by atoms with E-state index >= 15 is 0 Å². The van der Waals surface area contributed by atoms with Gasteiger partial charge in [-0.3, -0.25) is 4.79 Å². The zero-order valence-corrected chi connectivity index (χ0v) is 7.65. The lowest BCUT2D eigenvalue weighted by atomic mass is 10.4. The zero-order chi connectivity index (χ0) is 8.55. The predicted molar refractivity (Wildman–Crippen MR) is 48.3 cm³/mol. The SMILES string of the molecule is O=Cc1nn2ccccc2c1Br. The van der Waals surface area contributed by atoms with E-state index in [9.17, 15) is 4.79 Å². The summed E-state index contributed by atoms with van der Waals surface area (Å²) in [7, 11) is 0. The molecule has 0 radical (unpaired) electrons. The van der Waals surface area contributed by atoms with Gasteiger partial charge in [-0.05, 0) is 28.1 Å². The van der Waals surface area contributed by atoms with Gasteiger partial charge in [0.1, 0.15) is 5.69 Å². The van der Waals surface area contributed by atoms with E-state index < -0.39 is 0 Å². The number of carbonyl (C=O) groups is 1. The second kappa shape index (κ2) is 2.71. The minimum atomic E-state index is 0.432. The summed E-state index contributed by atoms with van der Waals surface area (Å²) in [4.78, 5) is 10.5. The minimum absolute atomic E-state index is 0.432. The standard InChI is InChI=1S/C8H5BrN2O/c9-8-6(5-12)10-11-4-2-1-3-7(8)11/h1-5H. The summed E-state index contributed by atoms with van der Waals surface area (Å²) in [6.07, 6.45) is 2.53. The highest BCUT2D eigenvalue weighted by Crippen LogP contribution is 2.20. The van der Waals surface area contributed by atoms with Crippen molar-refractivity contribution in [1.29, 1.82) is 0 Å². The maximum atomic E-state index is 10.5. The minimum Gasteiger partial charge on any atom is -0.296 e. The van der Waals surface area contributed by atoms with Crippen molar-refractivity contribution < 1.29 is 4.79 Å². The van der Waals surface area contributed by atoms with E-state index in [1.54, 1.807) is 10.7 Å². The van der Waals surface area contributed by atoms with Crippen molar-refractivity contribution in [3.8, 4) is 0 Å². The number of pyridine rings is 1. The molecule has 0 fully saturated rings. The number of aldehydes is 1. The lowest BCUT2D eigenvalue weighted by molar-refractivity contribution is 0.111. The third-order valence-corrected chi connectivity index (χ3v) is 2.43. The van der Waals surface area contributed by atoms with Crippen LogP contribution in [-0.4, -0.2) is 15.9 Å². The van der Waals surface area contributed by atoms with Crippen LogP contribution < -0.4 is 0 Å². The Morgan fingerprint density at radius 2 is 2.33 bits per heavy atom. The summed E-state index contributed by atoms with van der Waals surface area (Å²) in [5, 5.41) is 4.03. The summed E-state index contributed by atoms with van der Waals surface area (Å²) >= 11 is 3.30. The molecule has 2 rings (SSSR count). The van der Waals surface area contributed by atoms with Crippen LogP contribution in [0.25, 0.3) is 5.52 Å². The molecule has 0 unspecified atom stereocenters. The van der Waals surface area contributed by atoms with E-state index in [0.717, 1.165) is 16.3 Å². The number of rotatable bonds is 1. The molecule has 0 saturated heterocycles. The molecule has 0 saturated carbocycles. The topological polar surface area (TPSA) is 34.4 Å². The molecule has 0 N–H and O–H groups in total. The lowest BCUT2D eigenvalue weighted by Gasteiger charge is -1.88. The van der Waals surface area contributed by atoms with Gasteiger partial charge in [0, 0.05) is 6.20 Å². The molecule has 2 heterocycles. The summed E-state index contributed by atoms with van der Waals surface area (Å²) in [6, 6.07) is 5.65.